The van der Waals surface area contributed by atoms with Gasteiger partial charge in [-0.05, 0) is 19.1 Å². The average Bonchev–Trinajstić information content (AvgIpc) is 2.78. The number of hydrogen-bond acceptors (Lipinski definition) is 5. The fourth-order valence-corrected chi connectivity index (χ4v) is 1.28. The highest BCUT2D eigenvalue weighted by atomic mass is 16.5. The number of rotatable bonds is 3. The second-order valence-corrected chi connectivity index (χ2v) is 3.36. The van der Waals surface area contributed by atoms with Gasteiger partial charge in [-0.25, -0.2) is 0 Å². The Bertz CT molecular complexity index is 480. The molecule has 1 atom stereocenters. The smallest absolute Gasteiger partial charge is 0.255 e. The van der Waals surface area contributed by atoms with E-state index in [4.69, 9.17) is 9.26 Å². The lowest BCUT2D eigenvalue weighted by Crippen LogP contribution is -1.90. The molecule has 1 N–H and O–H groups in total. The molecule has 84 valence electrons. The highest BCUT2D eigenvalue weighted by molar-refractivity contribution is 5.56. The molecule has 0 unspecified atom stereocenters. The molecule has 0 saturated carbocycles. The molecule has 0 aliphatic carbocycles. The third kappa shape index (κ3) is 2.04. The summed E-state index contributed by atoms with van der Waals surface area (Å²) in [5.74, 6) is 1.37. The minimum atomic E-state index is -0.758. The molecule has 1 heterocycles. The lowest BCUT2D eigenvalue weighted by Gasteiger charge is -1.99. The van der Waals surface area contributed by atoms with Crippen molar-refractivity contribution in [2.24, 2.45) is 0 Å². The number of hydrogen-bond donors (Lipinski definition) is 1. The highest BCUT2D eigenvalue weighted by Gasteiger charge is 2.12. The maximum absolute atomic E-state index is 9.26. The summed E-state index contributed by atoms with van der Waals surface area (Å²) in [6.45, 7) is 1.57. The van der Waals surface area contributed by atoms with E-state index in [1.807, 2.05) is 18.2 Å². The Morgan fingerprint density at radius 3 is 2.88 bits per heavy atom. The summed E-state index contributed by atoms with van der Waals surface area (Å²) in [4.78, 5) is 4.07. The van der Waals surface area contributed by atoms with E-state index in [1.165, 1.54) is 0 Å². The normalized spacial score (nSPS) is 12.4. The number of ether oxygens (including phenoxy) is 1. The Kier molecular flexibility index (Phi) is 2.87. The van der Waals surface area contributed by atoms with Crippen LogP contribution in [0.1, 0.15) is 18.9 Å². The van der Waals surface area contributed by atoms with Gasteiger partial charge in [-0.1, -0.05) is 17.3 Å². The van der Waals surface area contributed by atoms with Crippen LogP contribution >= 0.6 is 0 Å². The van der Waals surface area contributed by atoms with E-state index in [-0.39, 0.29) is 5.89 Å². The minimum absolute atomic E-state index is 0.206. The molecule has 1 aromatic carbocycles. The SMILES string of the molecule is COc1cccc(-c2noc([C@H](C)O)n2)c1. The molecule has 0 bridgehead atoms. The third-order valence-electron chi connectivity index (χ3n) is 2.13. The molecule has 5 heteroatoms. The Hall–Kier alpha value is -1.88. The molecule has 0 fully saturated rings. The summed E-state index contributed by atoms with van der Waals surface area (Å²) >= 11 is 0. The molecule has 1 aromatic heterocycles. The van der Waals surface area contributed by atoms with Gasteiger partial charge in [-0.3, -0.25) is 0 Å². The van der Waals surface area contributed by atoms with Gasteiger partial charge in [0.2, 0.25) is 5.82 Å². The van der Waals surface area contributed by atoms with E-state index >= 15 is 0 Å². The Balaban J connectivity index is 2.34. The zero-order valence-electron chi connectivity index (χ0n) is 9.04. The molecule has 16 heavy (non-hydrogen) atoms. The van der Waals surface area contributed by atoms with E-state index < -0.39 is 6.10 Å². The predicted octanol–water partition coefficient (Wildman–Crippen LogP) is 1.80. The van der Waals surface area contributed by atoms with E-state index in [1.54, 1.807) is 20.1 Å². The fourth-order valence-electron chi connectivity index (χ4n) is 1.28. The predicted molar refractivity (Wildman–Crippen MR) is 56.9 cm³/mol. The maximum atomic E-state index is 9.26. The second kappa shape index (κ2) is 4.32. The molecular weight excluding hydrogens is 208 g/mol. The standard InChI is InChI=1S/C11H12N2O3/c1-7(14)11-12-10(13-16-11)8-4-3-5-9(6-8)15-2/h3-7,14H,1-2H3/t7-/m0/s1. The molecule has 0 radical (unpaired) electrons. The van der Waals surface area contributed by atoms with E-state index in [9.17, 15) is 5.11 Å². The van der Waals surface area contributed by atoms with Crippen LogP contribution in [0.25, 0.3) is 11.4 Å². The zero-order valence-corrected chi connectivity index (χ0v) is 9.04. The fraction of sp³-hybridized carbons (Fsp3) is 0.273. The Morgan fingerprint density at radius 2 is 2.25 bits per heavy atom. The summed E-state index contributed by atoms with van der Waals surface area (Å²) in [5, 5.41) is 13.0. The van der Waals surface area contributed by atoms with E-state index in [0.717, 1.165) is 11.3 Å². The Morgan fingerprint density at radius 1 is 1.44 bits per heavy atom. The van der Waals surface area contributed by atoms with Gasteiger partial charge in [0.15, 0.2) is 0 Å². The van der Waals surface area contributed by atoms with Gasteiger partial charge in [-0.15, -0.1) is 0 Å². The number of benzene rings is 1. The van der Waals surface area contributed by atoms with Crippen LogP contribution in [0.3, 0.4) is 0 Å². The summed E-state index contributed by atoms with van der Waals surface area (Å²) < 4.78 is 10.00. The van der Waals surface area contributed by atoms with Crippen LogP contribution in [0, 0.1) is 0 Å². The first-order chi connectivity index (χ1) is 7.70. The summed E-state index contributed by atoms with van der Waals surface area (Å²) in [5.41, 5.74) is 0.787. The first kappa shape index (κ1) is 10.6. The van der Waals surface area contributed by atoms with Gasteiger partial charge in [-0.2, -0.15) is 4.98 Å². The first-order valence-corrected chi connectivity index (χ1v) is 4.87. The van der Waals surface area contributed by atoms with Crippen molar-refractivity contribution in [3.8, 4) is 17.1 Å². The molecule has 2 aromatic rings. The molecular formula is C11H12N2O3. The van der Waals surface area contributed by atoms with Crippen LogP contribution in [0.15, 0.2) is 28.8 Å². The van der Waals surface area contributed by atoms with Crippen molar-refractivity contribution in [1.29, 1.82) is 0 Å². The van der Waals surface area contributed by atoms with Crippen molar-refractivity contribution >= 4 is 0 Å². The number of aliphatic hydroxyl groups excluding tert-OH is 1. The van der Waals surface area contributed by atoms with Crippen molar-refractivity contribution in [2.45, 2.75) is 13.0 Å². The van der Waals surface area contributed by atoms with Crippen LogP contribution in [-0.2, 0) is 0 Å². The Labute approximate surface area is 92.7 Å². The number of aliphatic hydroxyl groups is 1. The molecule has 0 amide bonds. The van der Waals surface area contributed by atoms with Crippen LogP contribution in [0.4, 0.5) is 0 Å². The van der Waals surface area contributed by atoms with E-state index in [2.05, 4.69) is 10.1 Å². The summed E-state index contributed by atoms with van der Waals surface area (Å²) in [6, 6.07) is 7.32. The zero-order chi connectivity index (χ0) is 11.5. The molecule has 0 aliphatic heterocycles. The lowest BCUT2D eigenvalue weighted by atomic mass is 10.2. The van der Waals surface area contributed by atoms with Crippen LogP contribution in [0.2, 0.25) is 0 Å². The molecule has 2 rings (SSSR count). The van der Waals surface area contributed by atoms with Gasteiger partial charge in [0.05, 0.1) is 7.11 Å². The molecule has 0 saturated heterocycles. The number of nitrogens with zero attached hydrogens (tertiary/aromatic N) is 2. The minimum Gasteiger partial charge on any atom is -0.497 e. The average molecular weight is 220 g/mol. The van der Waals surface area contributed by atoms with Crippen molar-refractivity contribution in [2.75, 3.05) is 7.11 Å². The van der Waals surface area contributed by atoms with Gasteiger partial charge >= 0.3 is 0 Å². The summed E-state index contributed by atoms with van der Waals surface area (Å²) in [7, 11) is 1.59. The van der Waals surface area contributed by atoms with Crippen LogP contribution in [-0.4, -0.2) is 22.4 Å². The molecule has 5 nitrogen and oxygen atoms in total. The highest BCUT2D eigenvalue weighted by Crippen LogP contribution is 2.22. The largest absolute Gasteiger partial charge is 0.497 e. The maximum Gasteiger partial charge on any atom is 0.255 e. The molecule has 0 spiro atoms. The quantitative estimate of drug-likeness (QED) is 0.854. The number of methoxy groups -OCH3 is 1. The van der Waals surface area contributed by atoms with Crippen LogP contribution < -0.4 is 4.74 Å². The van der Waals surface area contributed by atoms with Crippen LogP contribution in [0.5, 0.6) is 5.75 Å². The topological polar surface area (TPSA) is 68.4 Å². The van der Waals surface area contributed by atoms with E-state index in [0.29, 0.717) is 5.82 Å². The second-order valence-electron chi connectivity index (χ2n) is 3.36. The number of aromatic nitrogens is 2. The van der Waals surface area contributed by atoms with Crippen molar-refractivity contribution in [3.05, 3.63) is 30.2 Å². The van der Waals surface area contributed by atoms with Crippen molar-refractivity contribution in [3.63, 3.8) is 0 Å². The van der Waals surface area contributed by atoms with Crippen molar-refractivity contribution < 1.29 is 14.4 Å². The van der Waals surface area contributed by atoms with Gasteiger partial charge < -0.3 is 14.4 Å². The third-order valence-corrected chi connectivity index (χ3v) is 2.13. The summed E-state index contributed by atoms with van der Waals surface area (Å²) in [6.07, 6.45) is -0.758. The molecule has 0 aliphatic rings. The van der Waals surface area contributed by atoms with Gasteiger partial charge in [0.1, 0.15) is 11.9 Å². The van der Waals surface area contributed by atoms with Gasteiger partial charge in [0, 0.05) is 5.56 Å². The van der Waals surface area contributed by atoms with Gasteiger partial charge in [0.25, 0.3) is 5.89 Å². The lowest BCUT2D eigenvalue weighted by molar-refractivity contribution is 0.152. The first-order valence-electron chi connectivity index (χ1n) is 4.87. The monoisotopic (exact) mass is 220 g/mol. The van der Waals surface area contributed by atoms with Crippen molar-refractivity contribution in [1.82, 2.24) is 10.1 Å².